The van der Waals surface area contributed by atoms with Gasteiger partial charge in [0.25, 0.3) is 10.2 Å². The van der Waals surface area contributed by atoms with Crippen molar-refractivity contribution >= 4 is 10.2 Å². The van der Waals surface area contributed by atoms with Crippen LogP contribution in [0.2, 0.25) is 0 Å². The van der Waals surface area contributed by atoms with Crippen molar-refractivity contribution in [3.63, 3.8) is 0 Å². The number of furan rings is 1. The van der Waals surface area contributed by atoms with E-state index in [1.807, 2.05) is 12.1 Å². The van der Waals surface area contributed by atoms with Crippen molar-refractivity contribution in [2.24, 2.45) is 5.92 Å². The Hall–Kier alpha value is -0.850. The van der Waals surface area contributed by atoms with E-state index in [1.165, 1.54) is 10.7 Å². The number of rotatable bonds is 5. The average molecular weight is 326 g/mol. The van der Waals surface area contributed by atoms with Crippen LogP contribution in [0.4, 0.5) is 0 Å². The Morgan fingerprint density at radius 2 is 1.86 bits per heavy atom. The first kappa shape index (κ1) is 16.0. The zero-order valence-corrected chi connectivity index (χ0v) is 14.3. The molecule has 1 aliphatic heterocycles. The summed E-state index contributed by atoms with van der Waals surface area (Å²) in [6, 6.07) is 3.91. The van der Waals surface area contributed by atoms with Gasteiger partial charge in [-0.25, -0.2) is 0 Å². The summed E-state index contributed by atoms with van der Waals surface area (Å²) in [4.78, 5) is 0. The molecule has 0 aromatic carbocycles. The van der Waals surface area contributed by atoms with Gasteiger partial charge in [0.2, 0.25) is 0 Å². The monoisotopic (exact) mass is 326 g/mol. The molecule has 3 rings (SSSR count). The van der Waals surface area contributed by atoms with Crippen LogP contribution in [0.15, 0.2) is 16.5 Å². The van der Waals surface area contributed by atoms with Crippen LogP contribution in [0.5, 0.6) is 0 Å². The highest BCUT2D eigenvalue weighted by Gasteiger charge is 2.37. The van der Waals surface area contributed by atoms with E-state index in [9.17, 15) is 8.42 Å². The molecule has 0 radical (unpaired) electrons. The molecule has 22 heavy (non-hydrogen) atoms. The Morgan fingerprint density at radius 3 is 2.45 bits per heavy atom. The molecule has 0 amide bonds. The Morgan fingerprint density at radius 1 is 1.23 bits per heavy atom. The van der Waals surface area contributed by atoms with Gasteiger partial charge in [-0.3, -0.25) is 0 Å². The molecule has 124 valence electrons. The second kappa shape index (κ2) is 6.34. The summed E-state index contributed by atoms with van der Waals surface area (Å²) in [5.74, 6) is 2.96. The van der Waals surface area contributed by atoms with Gasteiger partial charge in [-0.2, -0.15) is 17.0 Å². The smallest absolute Gasteiger partial charge is 0.282 e. The fourth-order valence-corrected chi connectivity index (χ4v) is 4.57. The Labute approximate surface area is 133 Å². The zero-order valence-electron chi connectivity index (χ0n) is 13.5. The highest BCUT2D eigenvalue weighted by Crippen LogP contribution is 2.47. The number of nitrogens with zero attached hydrogens (tertiary/aromatic N) is 2. The molecule has 0 spiro atoms. The van der Waals surface area contributed by atoms with Gasteiger partial charge in [0.15, 0.2) is 0 Å². The fraction of sp³-hybridized carbons (Fsp3) is 0.750. The van der Waals surface area contributed by atoms with Gasteiger partial charge in [-0.05, 0) is 37.3 Å². The summed E-state index contributed by atoms with van der Waals surface area (Å²) < 4.78 is 34.2. The second-order valence-corrected chi connectivity index (χ2v) is 8.74. The highest BCUT2D eigenvalue weighted by molar-refractivity contribution is 7.86. The summed E-state index contributed by atoms with van der Waals surface area (Å²) in [6.07, 6.45) is 5.33. The standard InChI is InChI=1S/C16H26N2O3S/c1-13-11-15(13)16-8-7-14(21-16)12-17(2)22(19,20)18-9-5-3-4-6-10-18/h7-8,13,15H,3-6,9-12H2,1-2H3/t13-,15+/m1/s1. The van der Waals surface area contributed by atoms with E-state index in [0.717, 1.165) is 37.2 Å². The van der Waals surface area contributed by atoms with E-state index < -0.39 is 10.2 Å². The van der Waals surface area contributed by atoms with Gasteiger partial charge in [-0.15, -0.1) is 0 Å². The highest BCUT2D eigenvalue weighted by atomic mass is 32.2. The van der Waals surface area contributed by atoms with Gasteiger partial charge in [0.05, 0.1) is 6.54 Å². The predicted molar refractivity (Wildman–Crippen MR) is 85.7 cm³/mol. The molecule has 2 aliphatic rings. The maximum atomic E-state index is 12.7. The third kappa shape index (κ3) is 3.39. The molecule has 1 aromatic heterocycles. The second-order valence-electron chi connectivity index (χ2n) is 6.70. The first-order chi connectivity index (χ1) is 10.5. The van der Waals surface area contributed by atoms with Gasteiger partial charge < -0.3 is 4.42 Å². The molecule has 2 fully saturated rings. The lowest BCUT2D eigenvalue weighted by atomic mass is 10.2. The zero-order chi connectivity index (χ0) is 15.7. The maximum Gasteiger partial charge on any atom is 0.282 e. The van der Waals surface area contributed by atoms with Crippen LogP contribution in [0.3, 0.4) is 0 Å². The topological polar surface area (TPSA) is 53.8 Å². The van der Waals surface area contributed by atoms with E-state index in [1.54, 1.807) is 11.4 Å². The molecule has 5 nitrogen and oxygen atoms in total. The average Bonchev–Trinajstić information content (AvgIpc) is 3.14. The molecule has 2 atom stereocenters. The molecule has 2 heterocycles. The minimum absolute atomic E-state index is 0.305. The van der Waals surface area contributed by atoms with Crippen LogP contribution in [-0.4, -0.2) is 37.2 Å². The third-order valence-electron chi connectivity index (χ3n) is 4.82. The van der Waals surface area contributed by atoms with Crippen molar-refractivity contribution in [3.05, 3.63) is 23.7 Å². The number of hydrogen-bond donors (Lipinski definition) is 0. The van der Waals surface area contributed by atoms with E-state index >= 15 is 0 Å². The summed E-state index contributed by atoms with van der Waals surface area (Å²) in [5, 5.41) is 0. The van der Waals surface area contributed by atoms with E-state index in [-0.39, 0.29) is 0 Å². The van der Waals surface area contributed by atoms with Crippen LogP contribution in [0.1, 0.15) is 56.5 Å². The lowest BCUT2D eigenvalue weighted by Gasteiger charge is -2.25. The van der Waals surface area contributed by atoms with Crippen LogP contribution < -0.4 is 0 Å². The van der Waals surface area contributed by atoms with Gasteiger partial charge in [0, 0.05) is 26.1 Å². The molecule has 0 unspecified atom stereocenters. The Bertz CT molecular complexity index is 603. The van der Waals surface area contributed by atoms with Crippen molar-refractivity contribution in [2.75, 3.05) is 20.1 Å². The summed E-state index contributed by atoms with van der Waals surface area (Å²) in [5.41, 5.74) is 0. The lowest BCUT2D eigenvalue weighted by molar-refractivity contribution is 0.341. The summed E-state index contributed by atoms with van der Waals surface area (Å²) in [7, 11) is -1.74. The Kier molecular flexibility index (Phi) is 4.61. The maximum absolute atomic E-state index is 12.7. The fourth-order valence-electron chi connectivity index (χ4n) is 3.17. The first-order valence-electron chi connectivity index (χ1n) is 8.28. The molecular formula is C16H26N2O3S. The van der Waals surface area contributed by atoms with Crippen molar-refractivity contribution in [2.45, 2.75) is 51.5 Å². The van der Waals surface area contributed by atoms with Crippen molar-refractivity contribution in [1.82, 2.24) is 8.61 Å². The first-order valence-corrected chi connectivity index (χ1v) is 9.68. The summed E-state index contributed by atoms with van der Waals surface area (Å²) in [6.45, 7) is 3.79. The van der Waals surface area contributed by atoms with E-state index in [4.69, 9.17) is 4.42 Å². The molecule has 0 bridgehead atoms. The van der Waals surface area contributed by atoms with Gasteiger partial charge in [0.1, 0.15) is 11.5 Å². The largest absolute Gasteiger partial charge is 0.464 e. The molecular weight excluding hydrogens is 300 g/mol. The molecule has 1 aromatic rings. The summed E-state index contributed by atoms with van der Waals surface area (Å²) >= 11 is 0. The SMILES string of the molecule is C[C@@H]1C[C@@H]1c1ccc(CN(C)S(=O)(=O)N2CCCCCC2)o1. The molecule has 0 N–H and O–H groups in total. The predicted octanol–water partition coefficient (Wildman–Crippen LogP) is 2.96. The molecule has 6 heteroatoms. The van der Waals surface area contributed by atoms with E-state index in [2.05, 4.69) is 6.92 Å². The molecule has 1 saturated heterocycles. The minimum Gasteiger partial charge on any atom is -0.464 e. The van der Waals surface area contributed by atoms with Gasteiger partial charge in [-0.1, -0.05) is 19.8 Å². The van der Waals surface area contributed by atoms with Crippen LogP contribution in [0, 0.1) is 5.92 Å². The normalized spacial score (nSPS) is 27.0. The lowest BCUT2D eigenvalue weighted by Crippen LogP contribution is -2.41. The molecule has 1 aliphatic carbocycles. The molecule has 1 saturated carbocycles. The minimum atomic E-state index is -3.38. The van der Waals surface area contributed by atoms with Crippen molar-refractivity contribution in [1.29, 1.82) is 0 Å². The third-order valence-corrected chi connectivity index (χ3v) is 6.76. The van der Waals surface area contributed by atoms with Gasteiger partial charge >= 0.3 is 0 Å². The quantitative estimate of drug-likeness (QED) is 0.836. The van der Waals surface area contributed by atoms with E-state index in [0.29, 0.717) is 31.5 Å². The van der Waals surface area contributed by atoms with Crippen molar-refractivity contribution < 1.29 is 12.8 Å². The number of hydrogen-bond acceptors (Lipinski definition) is 3. The van der Waals surface area contributed by atoms with Crippen LogP contribution in [-0.2, 0) is 16.8 Å². The van der Waals surface area contributed by atoms with Crippen molar-refractivity contribution in [3.8, 4) is 0 Å². The van der Waals surface area contributed by atoms with Crippen LogP contribution >= 0.6 is 0 Å². The Balaban J connectivity index is 1.64. The van der Waals surface area contributed by atoms with Crippen LogP contribution in [0.25, 0.3) is 0 Å².